The zero-order chi connectivity index (χ0) is 22.1. The highest BCUT2D eigenvalue weighted by Gasteiger charge is 2.38. The molecule has 6 nitrogen and oxygen atoms in total. The summed E-state index contributed by atoms with van der Waals surface area (Å²) in [6, 6.07) is 1.31. The molecular weight excluding hydrogens is 397 g/mol. The average Bonchev–Trinajstić information content (AvgIpc) is 2.63. The third kappa shape index (κ3) is 6.09. The predicted octanol–water partition coefficient (Wildman–Crippen LogP) is 3.55. The van der Waals surface area contributed by atoms with Crippen LogP contribution in [-0.4, -0.2) is 77.5 Å². The molecule has 30 heavy (non-hydrogen) atoms. The number of carbonyl (C=O) groups is 2. The number of hydrogen-bond donors (Lipinski definition) is 1. The molecule has 3 heterocycles. The molecule has 0 saturated carbocycles. The van der Waals surface area contributed by atoms with Gasteiger partial charge in [0.25, 0.3) is 0 Å². The fourth-order valence-electron chi connectivity index (χ4n) is 4.99. The van der Waals surface area contributed by atoms with Crippen molar-refractivity contribution in [2.75, 3.05) is 32.0 Å². The number of likely N-dealkylation sites (tertiary alicyclic amines) is 1. The topological polar surface area (TPSA) is 61.9 Å². The van der Waals surface area contributed by atoms with Crippen LogP contribution in [0.1, 0.15) is 60.8 Å². The predicted molar refractivity (Wildman–Crippen MR) is 123 cm³/mol. The van der Waals surface area contributed by atoms with Crippen LogP contribution < -0.4 is 5.32 Å². The minimum Gasteiger partial charge on any atom is -0.444 e. The molecule has 3 saturated heterocycles. The Kier molecular flexibility index (Phi) is 7.71. The first-order valence-corrected chi connectivity index (χ1v) is 13.2. The van der Waals surface area contributed by atoms with E-state index in [1.165, 1.54) is 6.16 Å². The van der Waals surface area contributed by atoms with Crippen molar-refractivity contribution in [3.8, 4) is 0 Å². The van der Waals surface area contributed by atoms with Crippen LogP contribution in [0.4, 0.5) is 4.79 Å². The first-order chi connectivity index (χ1) is 14.0. The number of rotatable bonds is 4. The van der Waals surface area contributed by atoms with Gasteiger partial charge in [0.2, 0.25) is 5.91 Å². The first kappa shape index (κ1) is 23.8. The summed E-state index contributed by atoms with van der Waals surface area (Å²) >= 11 is 0. The summed E-state index contributed by atoms with van der Waals surface area (Å²) < 4.78 is 5.48. The third-order valence-electron chi connectivity index (χ3n) is 6.84. The number of piperidine rings is 1. The Morgan fingerprint density at radius 3 is 2.50 bits per heavy atom. The lowest BCUT2D eigenvalue weighted by molar-refractivity contribution is -0.138. The lowest BCUT2D eigenvalue weighted by atomic mass is 9.88. The Morgan fingerprint density at radius 2 is 1.87 bits per heavy atom. The number of nitrogens with zero attached hydrogens (tertiary/aromatic N) is 2. The first-order valence-electron chi connectivity index (χ1n) is 11.8. The van der Waals surface area contributed by atoms with Crippen LogP contribution in [0.15, 0.2) is 0 Å². The molecule has 172 valence electrons. The molecule has 2 amide bonds. The Labute approximate surface area is 184 Å². The van der Waals surface area contributed by atoms with Gasteiger partial charge in [-0.3, -0.25) is 4.79 Å². The van der Waals surface area contributed by atoms with Crippen molar-refractivity contribution in [3.05, 3.63) is 0 Å². The van der Waals surface area contributed by atoms with E-state index in [4.69, 9.17) is 4.74 Å². The second kappa shape index (κ2) is 9.73. The van der Waals surface area contributed by atoms with Crippen molar-refractivity contribution in [2.24, 2.45) is 17.8 Å². The second-order valence-electron chi connectivity index (χ2n) is 11.0. The Bertz CT molecular complexity index is 615. The Balaban J connectivity index is 1.52. The van der Waals surface area contributed by atoms with Crippen molar-refractivity contribution >= 4 is 20.6 Å². The van der Waals surface area contributed by atoms with Gasteiger partial charge in [0, 0.05) is 50.1 Å². The molecular formula is C23H42N3O3P. The molecule has 3 fully saturated rings. The van der Waals surface area contributed by atoms with E-state index in [0.29, 0.717) is 48.2 Å². The van der Waals surface area contributed by atoms with Gasteiger partial charge in [-0.1, -0.05) is 13.8 Å². The third-order valence-corrected chi connectivity index (χ3v) is 8.33. The largest absolute Gasteiger partial charge is 0.444 e. The maximum atomic E-state index is 12.5. The monoisotopic (exact) mass is 439 g/mol. The summed E-state index contributed by atoms with van der Waals surface area (Å²) in [6.07, 6.45) is 5.06. The maximum absolute atomic E-state index is 12.5. The molecule has 7 heteroatoms. The van der Waals surface area contributed by atoms with Gasteiger partial charge in [-0.05, 0) is 64.7 Å². The van der Waals surface area contributed by atoms with E-state index < -0.39 is 5.60 Å². The minimum absolute atomic E-state index is 0.193. The SMILES string of the molecule is CC(C)C1CPCC(NC(C)C2CN(C(=O)OC(C)(C)C)C2)C[C@H]2CCC(=O)N1C2. The summed E-state index contributed by atoms with van der Waals surface area (Å²) in [6.45, 7) is 15.0. The zero-order valence-electron chi connectivity index (χ0n) is 19.7. The van der Waals surface area contributed by atoms with Crippen LogP contribution in [0.3, 0.4) is 0 Å². The van der Waals surface area contributed by atoms with Crippen LogP contribution in [0.5, 0.6) is 0 Å². The van der Waals surface area contributed by atoms with Crippen LogP contribution in [0.2, 0.25) is 0 Å². The standard InChI is InChI=1S/C23H42N3O3P/c1-15(2)20-14-30-13-19(9-17-7-8-21(27)26(20)10-17)24-16(3)18-11-25(12-18)22(28)29-23(4,5)6/h15-20,24,30H,7-14H2,1-6H3/t16?,17-,19?,20?/m1/s1. The summed E-state index contributed by atoms with van der Waals surface area (Å²) in [4.78, 5) is 28.8. The number of carbonyl (C=O) groups excluding carboxylic acids is 2. The zero-order valence-corrected chi connectivity index (χ0v) is 20.7. The minimum atomic E-state index is -0.437. The fraction of sp³-hybridized carbons (Fsp3) is 0.913. The lowest BCUT2D eigenvalue weighted by Crippen LogP contribution is -2.59. The van der Waals surface area contributed by atoms with Crippen molar-refractivity contribution in [1.29, 1.82) is 0 Å². The fourth-order valence-corrected chi connectivity index (χ4v) is 6.78. The molecule has 2 bridgehead atoms. The molecule has 0 aromatic heterocycles. The molecule has 3 aliphatic rings. The maximum Gasteiger partial charge on any atom is 0.410 e. The number of amides is 2. The van der Waals surface area contributed by atoms with E-state index in [1.807, 2.05) is 25.7 Å². The highest BCUT2D eigenvalue weighted by atomic mass is 31.1. The summed E-state index contributed by atoms with van der Waals surface area (Å²) in [5.41, 5.74) is -0.437. The molecule has 0 aromatic carbocycles. The molecule has 3 aliphatic heterocycles. The quantitative estimate of drug-likeness (QED) is 0.681. The summed E-state index contributed by atoms with van der Waals surface area (Å²) in [5, 5.41) is 3.91. The Morgan fingerprint density at radius 1 is 1.17 bits per heavy atom. The Hall–Kier alpha value is -0.870. The number of hydrogen-bond acceptors (Lipinski definition) is 4. The molecule has 0 spiro atoms. The van der Waals surface area contributed by atoms with Gasteiger partial charge in [-0.25, -0.2) is 4.79 Å². The van der Waals surface area contributed by atoms with Gasteiger partial charge in [0.1, 0.15) is 5.60 Å². The van der Waals surface area contributed by atoms with Crippen molar-refractivity contribution in [1.82, 2.24) is 15.1 Å². The highest BCUT2D eigenvalue weighted by molar-refractivity contribution is 7.38. The second-order valence-corrected chi connectivity index (χ2v) is 12.3. The molecule has 0 aromatic rings. The molecule has 0 aliphatic carbocycles. The van der Waals surface area contributed by atoms with Gasteiger partial charge in [-0.2, -0.15) is 0 Å². The van der Waals surface area contributed by atoms with Crippen molar-refractivity contribution < 1.29 is 14.3 Å². The van der Waals surface area contributed by atoms with Gasteiger partial charge >= 0.3 is 6.09 Å². The van der Waals surface area contributed by atoms with E-state index in [0.717, 1.165) is 47.2 Å². The van der Waals surface area contributed by atoms with Crippen LogP contribution in [0, 0.1) is 17.8 Å². The molecule has 3 rings (SSSR count). The van der Waals surface area contributed by atoms with E-state index in [2.05, 4.69) is 31.0 Å². The number of nitrogens with one attached hydrogen (secondary N) is 1. The van der Waals surface area contributed by atoms with Crippen LogP contribution >= 0.6 is 8.58 Å². The van der Waals surface area contributed by atoms with Gasteiger partial charge < -0.3 is 19.9 Å². The van der Waals surface area contributed by atoms with Crippen LogP contribution in [0.25, 0.3) is 0 Å². The van der Waals surface area contributed by atoms with Crippen LogP contribution in [-0.2, 0) is 9.53 Å². The molecule has 0 radical (unpaired) electrons. The highest BCUT2D eigenvalue weighted by Crippen LogP contribution is 2.33. The van der Waals surface area contributed by atoms with E-state index >= 15 is 0 Å². The lowest BCUT2D eigenvalue weighted by Gasteiger charge is -2.44. The van der Waals surface area contributed by atoms with Gasteiger partial charge in [0.15, 0.2) is 0 Å². The van der Waals surface area contributed by atoms with E-state index in [9.17, 15) is 9.59 Å². The van der Waals surface area contributed by atoms with Gasteiger partial charge in [0.05, 0.1) is 0 Å². The number of ether oxygens (including phenoxy) is 1. The number of fused-ring (bicyclic) bond motifs is 2. The molecule has 1 N–H and O–H groups in total. The molecule has 5 atom stereocenters. The van der Waals surface area contributed by atoms with Crippen molar-refractivity contribution in [3.63, 3.8) is 0 Å². The average molecular weight is 440 g/mol. The molecule has 4 unspecified atom stereocenters. The van der Waals surface area contributed by atoms with Gasteiger partial charge in [-0.15, -0.1) is 8.58 Å². The normalized spacial score (nSPS) is 30.5. The summed E-state index contributed by atoms with van der Waals surface area (Å²) in [7, 11) is 0.891. The summed E-state index contributed by atoms with van der Waals surface area (Å²) in [5.74, 6) is 1.99. The van der Waals surface area contributed by atoms with E-state index in [-0.39, 0.29) is 6.09 Å². The van der Waals surface area contributed by atoms with Crippen molar-refractivity contribution in [2.45, 2.75) is 84.5 Å². The smallest absolute Gasteiger partial charge is 0.410 e. The van der Waals surface area contributed by atoms with E-state index in [1.54, 1.807) is 0 Å².